The summed E-state index contributed by atoms with van der Waals surface area (Å²) >= 11 is 3.95. The second-order valence-corrected chi connectivity index (χ2v) is 0.386. The number of rotatable bonds is 0. The van der Waals surface area contributed by atoms with Crippen LogP contribution in [0, 0.1) is 5.53 Å². The van der Waals surface area contributed by atoms with Crippen LogP contribution in [0.4, 0.5) is 0 Å². The Kier molecular flexibility index (Phi) is 2.20. The van der Waals surface area contributed by atoms with Gasteiger partial charge in [-0.25, -0.2) is 0 Å². The van der Waals surface area contributed by atoms with Crippen molar-refractivity contribution >= 4 is 17.4 Å². The third-order valence-corrected chi connectivity index (χ3v) is 0.137. The van der Waals surface area contributed by atoms with Crippen molar-refractivity contribution < 1.29 is 4.79 Å². The predicted molar refractivity (Wildman–Crippen MR) is 15.6 cm³/mol. The van der Waals surface area contributed by atoms with Gasteiger partial charge in [-0.05, 0) is 0 Å². The quantitative estimate of drug-likeness (QED) is 0.191. The van der Waals surface area contributed by atoms with Crippen molar-refractivity contribution in [3.63, 3.8) is 0 Å². The van der Waals surface area contributed by atoms with Crippen LogP contribution < -0.4 is 0 Å². The highest BCUT2D eigenvalue weighted by molar-refractivity contribution is 7.78. The Hall–Kier alpha value is -0.490. The van der Waals surface area contributed by atoms with Gasteiger partial charge in [-0.3, -0.25) is 0 Å². The van der Waals surface area contributed by atoms with Crippen LogP contribution in [0.1, 0.15) is 0 Å². The minimum Gasteiger partial charge on any atom is 0.0691 e. The summed E-state index contributed by atoms with van der Waals surface area (Å²) in [7, 11) is 0. The first-order valence-electron chi connectivity index (χ1n) is 0.651. The molecule has 0 aromatic rings. The van der Waals surface area contributed by atoms with Gasteiger partial charge in [-0.2, -0.15) is 0 Å². The number of hydrogen-bond donors (Lipinski definition) is 1. The zero-order valence-electron chi connectivity index (χ0n) is 1.86. The van der Waals surface area contributed by atoms with Crippen molar-refractivity contribution in [2.75, 3.05) is 0 Å². The zero-order chi connectivity index (χ0) is 3.41. The number of nitrogens with zero attached hydrogens (tertiary/aromatic N) is 1. The van der Waals surface area contributed by atoms with Gasteiger partial charge in [0.1, 0.15) is 4.79 Å². The number of hydrogen-bond acceptors (Lipinski definition) is 2. The molecule has 0 aromatic carbocycles. The second kappa shape index (κ2) is 2.51. The van der Waals surface area contributed by atoms with Crippen molar-refractivity contribution in [1.82, 2.24) is 0 Å². The Labute approximate surface area is 28.7 Å². The summed E-state index contributed by atoms with van der Waals surface area (Å²) in [5.41, 5.74) is 5.86. The molecular weight excluding hydrogens is 72.1 g/mol. The van der Waals surface area contributed by atoms with Crippen molar-refractivity contribution in [1.29, 1.82) is 5.53 Å². The molecule has 0 fully saturated rings. The van der Waals surface area contributed by atoms with E-state index in [1.54, 1.807) is 5.16 Å². The molecule has 0 saturated heterocycles. The smallest absolute Gasteiger partial charge is 0.0691 e. The van der Waals surface area contributed by atoms with Crippen LogP contribution in [0.5, 0.6) is 0 Å². The molecule has 0 aromatic heterocycles. The molecule has 3 heteroatoms. The van der Waals surface area contributed by atoms with E-state index in [0.29, 0.717) is 0 Å². The number of isothiocyanates is 1. The summed E-state index contributed by atoms with van der Waals surface area (Å²) in [6.07, 6.45) is 0. The van der Waals surface area contributed by atoms with Crippen molar-refractivity contribution in [3.05, 3.63) is 0 Å². The third-order valence-electron chi connectivity index (χ3n) is 0.0456. The van der Waals surface area contributed by atoms with Crippen LogP contribution in [0.3, 0.4) is 0 Å². The molecule has 0 unspecified atom stereocenters. The molecule has 0 atom stereocenters. The highest BCUT2D eigenvalue weighted by Crippen LogP contribution is 1.17. The number of thiocarbonyl (C=S) groups is 1. The fraction of sp³-hybridized carbons (Fsp3) is 0. The first kappa shape index (κ1) is 3.51. The van der Waals surface area contributed by atoms with E-state index in [1.807, 2.05) is 0 Å². The van der Waals surface area contributed by atoms with Crippen LogP contribution >= 0.6 is 12.2 Å². The Morgan fingerprint density at radius 2 is 2.25 bits per heavy atom. The lowest BCUT2D eigenvalue weighted by molar-refractivity contribution is -0.107. The molecule has 0 amide bonds. The van der Waals surface area contributed by atoms with E-state index < -0.39 is 0 Å². The average Bonchev–Trinajstić information content (AvgIpc) is 1.37. The van der Waals surface area contributed by atoms with Crippen LogP contribution in [-0.2, 0) is 0 Å². The van der Waals surface area contributed by atoms with Crippen LogP contribution in [0.25, 0.3) is 0 Å². The van der Waals surface area contributed by atoms with Crippen molar-refractivity contribution in [2.45, 2.75) is 0 Å². The van der Waals surface area contributed by atoms with Gasteiger partial charge in [0.2, 0.25) is 0 Å². The van der Waals surface area contributed by atoms with E-state index >= 15 is 0 Å². The van der Waals surface area contributed by atoms with Gasteiger partial charge >= 0.3 is 5.16 Å². The summed E-state index contributed by atoms with van der Waals surface area (Å²) in [6, 6.07) is 0. The minimum atomic E-state index is 1.81. The van der Waals surface area contributed by atoms with Crippen molar-refractivity contribution in [2.24, 2.45) is 0 Å². The second-order valence-electron chi connectivity index (χ2n) is 0.203. The van der Waals surface area contributed by atoms with Gasteiger partial charge in [0.25, 0.3) is 0 Å². The lowest BCUT2D eigenvalue weighted by atomic mass is 11.7. The van der Waals surface area contributed by atoms with E-state index in [-0.39, 0.29) is 0 Å². The van der Waals surface area contributed by atoms with Gasteiger partial charge in [-0.15, -0.1) is 0 Å². The van der Waals surface area contributed by atoms with E-state index in [2.05, 4.69) is 17.0 Å². The standard InChI is InChI=1S/CHN2S/c2-3-1-4/h2H/q+1. The summed E-state index contributed by atoms with van der Waals surface area (Å²) in [5.74, 6) is 0. The van der Waals surface area contributed by atoms with Crippen LogP contribution in [0.2, 0.25) is 0 Å². The van der Waals surface area contributed by atoms with Crippen LogP contribution in [0.15, 0.2) is 0 Å². The molecule has 0 spiro atoms. The molecule has 2 nitrogen and oxygen atoms in total. The van der Waals surface area contributed by atoms with Gasteiger partial charge in [-0.1, -0.05) is 0 Å². The maximum atomic E-state index is 5.86. The summed E-state index contributed by atoms with van der Waals surface area (Å²) in [5, 5.41) is 1.81. The first-order chi connectivity index (χ1) is 1.91. The van der Waals surface area contributed by atoms with Crippen molar-refractivity contribution in [3.8, 4) is 0 Å². The highest BCUT2D eigenvalue weighted by Gasteiger charge is 1.39. The lowest BCUT2D eigenvalue weighted by Crippen LogP contribution is -1.32. The number of nitrogens with one attached hydrogen (secondary N) is 1. The van der Waals surface area contributed by atoms with Crippen LogP contribution in [-0.4, -0.2) is 9.95 Å². The Morgan fingerprint density at radius 1 is 2.00 bits per heavy atom. The Bertz CT molecular complexity index is 56.1. The maximum Gasteiger partial charge on any atom is 0.433 e. The molecule has 0 radical (unpaired) electrons. The molecule has 0 aliphatic heterocycles. The molecule has 20 valence electrons. The lowest BCUT2D eigenvalue weighted by Gasteiger charge is -0.936. The monoisotopic (exact) mass is 73.0 g/mol. The molecule has 0 bridgehead atoms. The molecule has 4 heavy (non-hydrogen) atoms. The topological polar surface area (TPSA) is 38.0 Å². The molecule has 0 heterocycles. The minimum absolute atomic E-state index is 1.81. The predicted octanol–water partition coefficient (Wildman–Crippen LogP) is 0.328. The van der Waals surface area contributed by atoms with Gasteiger partial charge in [0, 0.05) is 0 Å². The molecular formula is CHN2S+. The average molecular weight is 73.1 g/mol. The molecule has 0 rings (SSSR count). The van der Waals surface area contributed by atoms with Gasteiger partial charge < -0.3 is 0 Å². The van der Waals surface area contributed by atoms with E-state index in [1.165, 1.54) is 0 Å². The van der Waals surface area contributed by atoms with E-state index in [0.717, 1.165) is 0 Å². The largest absolute Gasteiger partial charge is 0.433 e. The summed E-state index contributed by atoms with van der Waals surface area (Å²) in [4.78, 5) is 2.55. The fourth-order valence-corrected chi connectivity index (χ4v) is 0. The molecule has 1 N–H and O–H groups in total. The normalized spacial score (nSPS) is 3.00. The Balaban J connectivity index is 3.95. The molecule has 0 aliphatic carbocycles. The van der Waals surface area contributed by atoms with E-state index in [9.17, 15) is 0 Å². The maximum absolute atomic E-state index is 5.86. The summed E-state index contributed by atoms with van der Waals surface area (Å²) in [6.45, 7) is 0. The molecule has 0 aliphatic rings. The van der Waals surface area contributed by atoms with Gasteiger partial charge in [0.15, 0.2) is 0 Å². The van der Waals surface area contributed by atoms with Gasteiger partial charge in [0.05, 0.1) is 17.7 Å². The third kappa shape index (κ3) is 1.51. The fourth-order valence-electron chi connectivity index (χ4n) is 0. The Morgan fingerprint density at radius 3 is 2.25 bits per heavy atom. The highest BCUT2D eigenvalue weighted by atomic mass is 32.1. The summed E-state index contributed by atoms with van der Waals surface area (Å²) < 4.78 is 0. The zero-order valence-corrected chi connectivity index (χ0v) is 2.67. The van der Waals surface area contributed by atoms with E-state index in [4.69, 9.17) is 5.53 Å². The first-order valence-corrected chi connectivity index (χ1v) is 1.06. The molecule has 0 saturated carbocycles. The SMILES string of the molecule is N=[N+]=C=S.